The number of hydrogen-bond acceptors (Lipinski definition) is 3. The predicted octanol–water partition coefficient (Wildman–Crippen LogP) is 8.30. The van der Waals surface area contributed by atoms with Gasteiger partial charge in [-0.25, -0.2) is 0 Å². The lowest BCUT2D eigenvalue weighted by Gasteiger charge is -2.63. The molecule has 0 spiro atoms. The maximum absolute atomic E-state index is 7.14. The summed E-state index contributed by atoms with van der Waals surface area (Å²) in [6.45, 7) is 26.7. The van der Waals surface area contributed by atoms with E-state index >= 15 is 0 Å². The first-order valence-electron chi connectivity index (χ1n) is 14.4. The van der Waals surface area contributed by atoms with Crippen LogP contribution in [-0.4, -0.2) is 43.3 Å². The van der Waals surface area contributed by atoms with Crippen LogP contribution in [0.2, 0.25) is 58.9 Å². The van der Waals surface area contributed by atoms with Gasteiger partial charge in [0.25, 0.3) is 0 Å². The van der Waals surface area contributed by atoms with Crippen LogP contribution in [0.4, 0.5) is 0 Å². The van der Waals surface area contributed by atoms with Gasteiger partial charge in [0.2, 0.25) is 0 Å². The van der Waals surface area contributed by atoms with Gasteiger partial charge in [0.1, 0.15) is 0 Å². The standard InChI is InChI=1S/C28H56O3Si3/c1-27-16-14-21(29-32(3,4)5)18-20(27)19-24(30-33(6,7)8)26-22-12-13-25(31-34(9,10)11)28(22,2)17-15-23(26)27/h20-26H,12-19H2,1-11H3/t20-,21-,22-,23-,24+,25-,26-,27-,28-/m0/s1. The van der Waals surface area contributed by atoms with E-state index in [0.29, 0.717) is 29.1 Å². The van der Waals surface area contributed by atoms with Crippen molar-refractivity contribution in [3.63, 3.8) is 0 Å². The van der Waals surface area contributed by atoms with Crippen LogP contribution in [0, 0.1) is 34.5 Å². The third-order valence-electron chi connectivity index (χ3n) is 10.0. The molecule has 4 aliphatic rings. The van der Waals surface area contributed by atoms with Crippen LogP contribution in [0.3, 0.4) is 0 Å². The predicted molar refractivity (Wildman–Crippen MR) is 152 cm³/mol. The summed E-state index contributed by atoms with van der Waals surface area (Å²) >= 11 is 0. The van der Waals surface area contributed by atoms with Crippen molar-refractivity contribution in [2.75, 3.05) is 0 Å². The van der Waals surface area contributed by atoms with Gasteiger partial charge in [-0.1, -0.05) is 13.8 Å². The highest BCUT2D eigenvalue weighted by Gasteiger charge is 2.63. The summed E-state index contributed by atoms with van der Waals surface area (Å²) in [5, 5.41) is 0. The highest BCUT2D eigenvalue weighted by molar-refractivity contribution is 6.70. The molecule has 6 heteroatoms. The molecular weight excluding hydrogens is 469 g/mol. The van der Waals surface area contributed by atoms with Gasteiger partial charge in [0.05, 0.1) is 6.10 Å². The summed E-state index contributed by atoms with van der Waals surface area (Å²) in [7, 11) is -4.68. The van der Waals surface area contributed by atoms with Gasteiger partial charge in [-0.05, 0) is 145 Å². The molecule has 0 unspecified atom stereocenters. The average Bonchev–Trinajstić information content (AvgIpc) is 2.95. The molecule has 4 saturated carbocycles. The zero-order valence-electron chi connectivity index (χ0n) is 24.4. The molecule has 0 radical (unpaired) electrons. The van der Waals surface area contributed by atoms with Gasteiger partial charge in [0, 0.05) is 12.2 Å². The van der Waals surface area contributed by atoms with E-state index in [1.165, 1.54) is 51.4 Å². The molecule has 0 N–H and O–H groups in total. The van der Waals surface area contributed by atoms with Crippen molar-refractivity contribution in [1.82, 2.24) is 0 Å². The molecule has 9 atom stereocenters. The van der Waals surface area contributed by atoms with Crippen LogP contribution in [0.1, 0.15) is 65.2 Å². The first kappa shape index (κ1) is 27.6. The van der Waals surface area contributed by atoms with Crippen molar-refractivity contribution in [2.45, 2.75) is 142 Å². The lowest BCUT2D eigenvalue weighted by atomic mass is 9.44. The van der Waals surface area contributed by atoms with Crippen molar-refractivity contribution in [3.05, 3.63) is 0 Å². The molecule has 0 aromatic rings. The van der Waals surface area contributed by atoms with Crippen molar-refractivity contribution >= 4 is 25.0 Å². The minimum Gasteiger partial charge on any atom is -0.415 e. The van der Waals surface area contributed by atoms with Gasteiger partial charge in [-0.2, -0.15) is 0 Å². The molecule has 4 fully saturated rings. The lowest BCUT2D eigenvalue weighted by Crippen LogP contribution is -2.61. The van der Waals surface area contributed by atoms with Gasteiger partial charge in [-0.15, -0.1) is 0 Å². The smallest absolute Gasteiger partial charge is 0.184 e. The second kappa shape index (κ2) is 9.07. The van der Waals surface area contributed by atoms with Gasteiger partial charge in [0.15, 0.2) is 25.0 Å². The number of hydrogen-bond donors (Lipinski definition) is 0. The summed E-state index contributed by atoms with van der Waals surface area (Å²) < 4.78 is 20.7. The fourth-order valence-corrected chi connectivity index (χ4v) is 12.5. The Morgan fingerprint density at radius 3 is 1.74 bits per heavy atom. The van der Waals surface area contributed by atoms with E-state index in [9.17, 15) is 0 Å². The Bertz CT molecular complexity index is 739. The molecule has 0 aromatic carbocycles. The van der Waals surface area contributed by atoms with E-state index in [0.717, 1.165) is 23.7 Å². The first-order chi connectivity index (χ1) is 15.4. The molecule has 4 aliphatic carbocycles. The molecule has 0 amide bonds. The second-order valence-electron chi connectivity index (χ2n) is 16.0. The van der Waals surface area contributed by atoms with Crippen molar-refractivity contribution < 1.29 is 13.3 Å². The summed E-state index contributed by atoms with van der Waals surface area (Å²) in [5.41, 5.74) is 0.798. The van der Waals surface area contributed by atoms with Gasteiger partial charge in [-0.3, -0.25) is 0 Å². The molecule has 0 aromatic heterocycles. The molecule has 198 valence electrons. The third-order valence-corrected chi connectivity index (χ3v) is 13.1. The summed E-state index contributed by atoms with van der Waals surface area (Å²) in [4.78, 5) is 0. The Balaban J connectivity index is 1.63. The van der Waals surface area contributed by atoms with Crippen molar-refractivity contribution in [3.8, 4) is 0 Å². The topological polar surface area (TPSA) is 27.7 Å². The van der Waals surface area contributed by atoms with Crippen LogP contribution < -0.4 is 0 Å². The Labute approximate surface area is 214 Å². The van der Waals surface area contributed by atoms with E-state index in [4.69, 9.17) is 13.3 Å². The highest BCUT2D eigenvalue weighted by Crippen LogP contribution is 2.67. The zero-order chi connectivity index (χ0) is 25.3. The van der Waals surface area contributed by atoms with E-state index < -0.39 is 25.0 Å². The molecule has 3 nitrogen and oxygen atoms in total. The molecule has 0 aliphatic heterocycles. The minimum atomic E-state index is -1.63. The summed E-state index contributed by atoms with van der Waals surface area (Å²) in [5.74, 6) is 3.05. The van der Waals surface area contributed by atoms with Crippen molar-refractivity contribution in [1.29, 1.82) is 0 Å². The second-order valence-corrected chi connectivity index (χ2v) is 29.3. The molecule has 0 heterocycles. The quantitative estimate of drug-likeness (QED) is 0.327. The van der Waals surface area contributed by atoms with Gasteiger partial charge < -0.3 is 13.3 Å². The molecular formula is C28H56O3Si3. The molecule has 0 bridgehead atoms. The maximum Gasteiger partial charge on any atom is 0.184 e. The maximum atomic E-state index is 7.14. The Morgan fingerprint density at radius 2 is 1.15 bits per heavy atom. The van der Waals surface area contributed by atoms with Crippen molar-refractivity contribution in [2.24, 2.45) is 34.5 Å². The van der Waals surface area contributed by atoms with Crippen LogP contribution >= 0.6 is 0 Å². The average molecular weight is 525 g/mol. The molecule has 0 saturated heterocycles. The zero-order valence-corrected chi connectivity index (χ0v) is 27.4. The van der Waals surface area contributed by atoms with E-state index in [1.54, 1.807) is 0 Å². The first-order valence-corrected chi connectivity index (χ1v) is 24.7. The van der Waals surface area contributed by atoms with Crippen LogP contribution in [0.15, 0.2) is 0 Å². The normalized spacial score (nSPS) is 45.4. The van der Waals surface area contributed by atoms with E-state index in [1.807, 2.05) is 0 Å². The van der Waals surface area contributed by atoms with E-state index in [2.05, 4.69) is 72.8 Å². The lowest BCUT2D eigenvalue weighted by molar-refractivity contribution is -0.170. The van der Waals surface area contributed by atoms with Crippen LogP contribution in [0.5, 0.6) is 0 Å². The van der Waals surface area contributed by atoms with E-state index in [-0.39, 0.29) is 0 Å². The molecule has 34 heavy (non-hydrogen) atoms. The molecule has 4 rings (SSSR count). The fraction of sp³-hybridized carbons (Fsp3) is 1.00. The van der Waals surface area contributed by atoms with Crippen LogP contribution in [0.25, 0.3) is 0 Å². The van der Waals surface area contributed by atoms with Crippen LogP contribution in [-0.2, 0) is 13.3 Å². The fourth-order valence-electron chi connectivity index (χ4n) is 8.91. The number of fused-ring (bicyclic) bond motifs is 5. The Hall–Kier alpha value is 0.531. The number of rotatable bonds is 6. The summed E-state index contributed by atoms with van der Waals surface area (Å²) in [6, 6.07) is 0. The summed E-state index contributed by atoms with van der Waals surface area (Å²) in [6.07, 6.45) is 11.9. The third kappa shape index (κ3) is 5.52. The Morgan fingerprint density at radius 1 is 0.588 bits per heavy atom. The highest BCUT2D eigenvalue weighted by atomic mass is 28.4. The minimum absolute atomic E-state index is 0.337. The Kier molecular flexibility index (Phi) is 7.36. The SMILES string of the molecule is C[C@]12CC[C@H](O[Si](C)(C)C)C[C@H]1C[C@@H](O[Si](C)(C)C)[C@@H]1[C@@H]2CC[C@]2(C)[C@@H](O[Si](C)(C)C)CC[C@@H]12. The monoisotopic (exact) mass is 524 g/mol. The largest absolute Gasteiger partial charge is 0.415 e. The van der Waals surface area contributed by atoms with Gasteiger partial charge >= 0.3 is 0 Å².